The molecule has 0 amide bonds. The van der Waals surface area contributed by atoms with Gasteiger partial charge in [-0.15, -0.1) is 0 Å². The SMILES string of the molecule is CCC1(CCC(C)C)C(O)C(CC)(CCC(C)C)C1O. The van der Waals surface area contributed by atoms with E-state index in [1.807, 2.05) is 0 Å². The fourth-order valence-corrected chi connectivity index (χ4v) is 4.14. The third-order valence-corrected chi connectivity index (χ3v) is 5.87. The zero-order valence-corrected chi connectivity index (χ0v) is 14.4. The minimum atomic E-state index is -0.336. The highest BCUT2D eigenvalue weighted by Crippen LogP contribution is 2.62. The highest BCUT2D eigenvalue weighted by Gasteiger charge is 2.67. The smallest absolute Gasteiger partial charge is 0.0702 e. The Kier molecular flexibility index (Phi) is 6.10. The monoisotopic (exact) mass is 284 g/mol. The number of rotatable bonds is 8. The summed E-state index contributed by atoms with van der Waals surface area (Å²) < 4.78 is 0. The molecule has 0 heterocycles. The van der Waals surface area contributed by atoms with Crippen molar-refractivity contribution in [3.8, 4) is 0 Å². The van der Waals surface area contributed by atoms with E-state index >= 15 is 0 Å². The first-order valence-corrected chi connectivity index (χ1v) is 8.63. The standard InChI is InChI=1S/C18H36O2/c1-7-17(11-9-13(3)4)15(19)18(8-2,16(17)20)12-10-14(5)6/h13-16,19-20H,7-12H2,1-6H3. The lowest BCUT2D eigenvalue weighted by Gasteiger charge is -2.65. The van der Waals surface area contributed by atoms with E-state index in [0.29, 0.717) is 11.8 Å². The summed E-state index contributed by atoms with van der Waals surface area (Å²) in [6.45, 7) is 13.1. The first-order chi connectivity index (χ1) is 9.26. The molecule has 0 atom stereocenters. The van der Waals surface area contributed by atoms with Crippen molar-refractivity contribution < 1.29 is 10.2 Å². The van der Waals surface area contributed by atoms with Crippen LogP contribution in [0.1, 0.15) is 80.1 Å². The van der Waals surface area contributed by atoms with Gasteiger partial charge in [-0.05, 0) is 37.5 Å². The Hall–Kier alpha value is -0.0800. The third kappa shape index (κ3) is 2.92. The largest absolute Gasteiger partial charge is 0.392 e. The summed E-state index contributed by atoms with van der Waals surface area (Å²) in [5.41, 5.74) is -0.505. The molecule has 1 aliphatic carbocycles. The minimum Gasteiger partial charge on any atom is -0.392 e. The van der Waals surface area contributed by atoms with Crippen LogP contribution in [0.5, 0.6) is 0 Å². The van der Waals surface area contributed by atoms with Gasteiger partial charge in [0.2, 0.25) is 0 Å². The van der Waals surface area contributed by atoms with Gasteiger partial charge in [0.05, 0.1) is 12.2 Å². The lowest BCUT2D eigenvalue weighted by Crippen LogP contribution is -2.71. The Balaban J connectivity index is 2.83. The summed E-state index contributed by atoms with van der Waals surface area (Å²) in [6, 6.07) is 0. The highest BCUT2D eigenvalue weighted by molar-refractivity contribution is 5.16. The van der Waals surface area contributed by atoms with Crippen molar-refractivity contribution in [2.24, 2.45) is 22.7 Å². The van der Waals surface area contributed by atoms with Gasteiger partial charge < -0.3 is 10.2 Å². The second-order valence-corrected chi connectivity index (χ2v) is 7.84. The van der Waals surface area contributed by atoms with Gasteiger partial charge in [-0.2, -0.15) is 0 Å². The van der Waals surface area contributed by atoms with Crippen molar-refractivity contribution in [1.82, 2.24) is 0 Å². The molecule has 0 aromatic rings. The van der Waals surface area contributed by atoms with E-state index in [1.165, 1.54) is 0 Å². The molecule has 2 N–H and O–H groups in total. The molecule has 20 heavy (non-hydrogen) atoms. The van der Waals surface area contributed by atoms with Gasteiger partial charge in [0.1, 0.15) is 0 Å². The Morgan fingerprint density at radius 3 is 1.25 bits per heavy atom. The summed E-state index contributed by atoms with van der Waals surface area (Å²) in [7, 11) is 0. The van der Waals surface area contributed by atoms with Crippen LogP contribution in [0.25, 0.3) is 0 Å². The fourth-order valence-electron chi connectivity index (χ4n) is 4.14. The van der Waals surface area contributed by atoms with Crippen molar-refractivity contribution in [1.29, 1.82) is 0 Å². The number of hydrogen-bond donors (Lipinski definition) is 2. The maximum atomic E-state index is 10.9. The van der Waals surface area contributed by atoms with Crippen LogP contribution in [-0.4, -0.2) is 22.4 Å². The molecule has 0 spiro atoms. The van der Waals surface area contributed by atoms with Crippen LogP contribution in [-0.2, 0) is 0 Å². The molecule has 0 unspecified atom stereocenters. The van der Waals surface area contributed by atoms with E-state index in [2.05, 4.69) is 41.5 Å². The lowest BCUT2D eigenvalue weighted by molar-refractivity contribution is -0.287. The maximum absolute atomic E-state index is 10.9. The zero-order chi connectivity index (χ0) is 15.6. The van der Waals surface area contributed by atoms with Crippen LogP contribution in [0.2, 0.25) is 0 Å². The van der Waals surface area contributed by atoms with Gasteiger partial charge in [-0.25, -0.2) is 0 Å². The summed E-state index contributed by atoms with van der Waals surface area (Å²) >= 11 is 0. The van der Waals surface area contributed by atoms with Crippen LogP contribution in [0.15, 0.2) is 0 Å². The van der Waals surface area contributed by atoms with Crippen molar-refractivity contribution >= 4 is 0 Å². The van der Waals surface area contributed by atoms with Gasteiger partial charge >= 0.3 is 0 Å². The molecule has 1 fully saturated rings. The van der Waals surface area contributed by atoms with Crippen LogP contribution < -0.4 is 0 Å². The van der Waals surface area contributed by atoms with Crippen molar-refractivity contribution in [2.75, 3.05) is 0 Å². The molecule has 1 rings (SSSR count). The predicted octanol–water partition coefficient (Wildman–Crippen LogP) is 4.39. The average Bonchev–Trinajstić information content (AvgIpc) is 2.40. The second-order valence-electron chi connectivity index (χ2n) is 7.84. The Labute approximate surface area is 126 Å². The second kappa shape index (κ2) is 6.79. The Bertz CT molecular complexity index is 258. The maximum Gasteiger partial charge on any atom is 0.0702 e. The van der Waals surface area contributed by atoms with Gasteiger partial charge in [0.15, 0.2) is 0 Å². The summed E-state index contributed by atoms with van der Waals surface area (Å²) in [5, 5.41) is 21.8. The van der Waals surface area contributed by atoms with Crippen LogP contribution in [0, 0.1) is 22.7 Å². The summed E-state index contributed by atoms with van der Waals surface area (Å²) in [6.07, 6.45) is 5.17. The molecule has 1 aliphatic rings. The highest BCUT2D eigenvalue weighted by atomic mass is 16.3. The first-order valence-electron chi connectivity index (χ1n) is 8.63. The van der Waals surface area contributed by atoms with Gasteiger partial charge in [-0.3, -0.25) is 0 Å². The normalized spacial score (nSPS) is 37.5. The third-order valence-electron chi connectivity index (χ3n) is 5.87. The van der Waals surface area contributed by atoms with Gasteiger partial charge in [0.25, 0.3) is 0 Å². The number of aliphatic hydroxyl groups is 2. The van der Waals surface area contributed by atoms with Crippen LogP contribution in [0.4, 0.5) is 0 Å². The van der Waals surface area contributed by atoms with Crippen LogP contribution >= 0.6 is 0 Å². The van der Waals surface area contributed by atoms with Crippen LogP contribution in [0.3, 0.4) is 0 Å². The molecular formula is C18H36O2. The Morgan fingerprint density at radius 1 is 0.750 bits per heavy atom. The van der Waals surface area contributed by atoms with E-state index < -0.39 is 0 Å². The van der Waals surface area contributed by atoms with E-state index in [9.17, 15) is 10.2 Å². The molecule has 0 radical (unpaired) electrons. The first kappa shape index (κ1) is 18.0. The van der Waals surface area contributed by atoms with Crippen molar-refractivity contribution in [3.63, 3.8) is 0 Å². The zero-order valence-electron chi connectivity index (χ0n) is 14.4. The van der Waals surface area contributed by atoms with Gasteiger partial charge in [-0.1, -0.05) is 54.4 Å². The quantitative estimate of drug-likeness (QED) is 0.694. The van der Waals surface area contributed by atoms with Crippen molar-refractivity contribution in [3.05, 3.63) is 0 Å². The molecule has 1 saturated carbocycles. The molecule has 0 bridgehead atoms. The average molecular weight is 284 g/mol. The summed E-state index contributed by atoms with van der Waals surface area (Å²) in [5.74, 6) is 1.26. The van der Waals surface area contributed by atoms with Crippen molar-refractivity contribution in [2.45, 2.75) is 92.3 Å². The minimum absolute atomic E-state index is 0.253. The van der Waals surface area contributed by atoms with E-state index in [1.54, 1.807) is 0 Å². The van der Waals surface area contributed by atoms with E-state index in [-0.39, 0.29) is 23.0 Å². The number of aliphatic hydroxyl groups excluding tert-OH is 2. The Morgan fingerprint density at radius 2 is 1.05 bits per heavy atom. The van der Waals surface area contributed by atoms with Gasteiger partial charge in [0, 0.05) is 10.8 Å². The molecule has 2 nitrogen and oxygen atoms in total. The molecular weight excluding hydrogens is 248 g/mol. The van der Waals surface area contributed by atoms with E-state index in [4.69, 9.17) is 0 Å². The molecule has 0 aromatic heterocycles. The van der Waals surface area contributed by atoms with E-state index in [0.717, 1.165) is 38.5 Å². The topological polar surface area (TPSA) is 40.5 Å². The molecule has 0 saturated heterocycles. The summed E-state index contributed by atoms with van der Waals surface area (Å²) in [4.78, 5) is 0. The molecule has 0 aliphatic heterocycles. The predicted molar refractivity (Wildman–Crippen MR) is 85.6 cm³/mol. The molecule has 0 aromatic carbocycles. The fraction of sp³-hybridized carbons (Fsp3) is 1.00. The number of hydrogen-bond acceptors (Lipinski definition) is 2. The lowest BCUT2D eigenvalue weighted by atomic mass is 9.43. The molecule has 120 valence electrons. The molecule has 2 heteroatoms.